The number of rotatable bonds is 5. The summed E-state index contributed by atoms with van der Waals surface area (Å²) in [6.07, 6.45) is 0.0778. The van der Waals surface area contributed by atoms with Gasteiger partial charge in [-0.1, -0.05) is 12.1 Å². The first-order chi connectivity index (χ1) is 10.8. The van der Waals surface area contributed by atoms with Gasteiger partial charge in [-0.15, -0.1) is 0 Å². The molecular formula is C16H19FN2O4. The first-order valence-electron chi connectivity index (χ1n) is 7.40. The van der Waals surface area contributed by atoms with E-state index in [1.165, 1.54) is 25.1 Å². The van der Waals surface area contributed by atoms with Gasteiger partial charge in [-0.25, -0.2) is 9.18 Å². The Hall–Kier alpha value is -2.44. The summed E-state index contributed by atoms with van der Waals surface area (Å²) < 4.78 is 13.3. The second-order valence-corrected chi connectivity index (χ2v) is 5.62. The number of hydrogen-bond donors (Lipinski definition) is 2. The maximum atomic E-state index is 13.3. The van der Waals surface area contributed by atoms with Gasteiger partial charge < -0.3 is 15.3 Å². The summed E-state index contributed by atoms with van der Waals surface area (Å²) in [5, 5.41) is 11.8. The monoisotopic (exact) mass is 322 g/mol. The van der Waals surface area contributed by atoms with Crippen LogP contribution in [0.1, 0.15) is 30.5 Å². The molecule has 7 heteroatoms. The summed E-state index contributed by atoms with van der Waals surface area (Å²) in [5.74, 6) is -2.84. The quantitative estimate of drug-likeness (QED) is 0.854. The van der Waals surface area contributed by atoms with Crippen molar-refractivity contribution in [2.75, 3.05) is 13.1 Å². The summed E-state index contributed by atoms with van der Waals surface area (Å²) in [6.45, 7) is 4.14. The molecule has 23 heavy (non-hydrogen) atoms. The van der Waals surface area contributed by atoms with Crippen molar-refractivity contribution >= 4 is 17.8 Å². The Kier molecular flexibility index (Phi) is 4.98. The van der Waals surface area contributed by atoms with E-state index in [1.807, 2.05) is 6.92 Å². The van der Waals surface area contributed by atoms with Gasteiger partial charge in [0.1, 0.15) is 5.82 Å². The maximum Gasteiger partial charge on any atom is 0.330 e. The predicted molar refractivity (Wildman–Crippen MR) is 80.0 cm³/mol. The van der Waals surface area contributed by atoms with E-state index >= 15 is 0 Å². The van der Waals surface area contributed by atoms with Crippen molar-refractivity contribution in [1.29, 1.82) is 0 Å². The van der Waals surface area contributed by atoms with Gasteiger partial charge in [-0.05, 0) is 31.0 Å². The van der Waals surface area contributed by atoms with Gasteiger partial charge >= 0.3 is 5.97 Å². The number of benzene rings is 1. The van der Waals surface area contributed by atoms with Crippen molar-refractivity contribution in [3.63, 3.8) is 0 Å². The van der Waals surface area contributed by atoms with Crippen molar-refractivity contribution in [1.82, 2.24) is 10.2 Å². The number of nitrogens with one attached hydrogen (secondary N) is 1. The van der Waals surface area contributed by atoms with E-state index in [4.69, 9.17) is 0 Å². The third-order valence-electron chi connectivity index (χ3n) is 4.02. The molecular weight excluding hydrogens is 303 g/mol. The van der Waals surface area contributed by atoms with Crippen LogP contribution >= 0.6 is 0 Å². The average molecular weight is 322 g/mol. The number of halogens is 1. The summed E-state index contributed by atoms with van der Waals surface area (Å²) in [5.41, 5.74) is 0.595. The number of carbonyl (C=O) groups excluding carboxylic acids is 2. The Morgan fingerprint density at radius 1 is 1.48 bits per heavy atom. The molecule has 1 fully saturated rings. The summed E-state index contributed by atoms with van der Waals surface area (Å²) in [4.78, 5) is 36.9. The second kappa shape index (κ2) is 6.76. The Bertz CT molecular complexity index is 647. The molecule has 1 aromatic rings. The molecule has 0 saturated carbocycles. The number of aliphatic carboxylic acids is 1. The summed E-state index contributed by atoms with van der Waals surface area (Å²) >= 11 is 0. The molecule has 1 aliphatic heterocycles. The predicted octanol–water partition coefficient (Wildman–Crippen LogP) is 1.24. The molecule has 2 amide bonds. The topological polar surface area (TPSA) is 86.7 Å². The first-order valence-corrected chi connectivity index (χ1v) is 7.40. The van der Waals surface area contributed by atoms with Crippen LogP contribution in [-0.2, 0) is 14.4 Å². The van der Waals surface area contributed by atoms with E-state index in [0.717, 1.165) is 0 Å². The van der Waals surface area contributed by atoms with Gasteiger partial charge in [-0.3, -0.25) is 9.59 Å². The molecule has 0 aromatic heterocycles. The van der Waals surface area contributed by atoms with Crippen LogP contribution in [0.4, 0.5) is 4.39 Å². The van der Waals surface area contributed by atoms with Crippen molar-refractivity contribution in [2.45, 2.75) is 26.3 Å². The van der Waals surface area contributed by atoms with Crippen molar-refractivity contribution in [2.24, 2.45) is 5.92 Å². The van der Waals surface area contributed by atoms with Gasteiger partial charge in [0.2, 0.25) is 11.8 Å². The molecule has 2 atom stereocenters. The van der Waals surface area contributed by atoms with Crippen LogP contribution < -0.4 is 5.32 Å². The molecule has 1 aromatic carbocycles. The van der Waals surface area contributed by atoms with Gasteiger partial charge in [0.05, 0.1) is 5.92 Å². The van der Waals surface area contributed by atoms with E-state index in [2.05, 4.69) is 5.32 Å². The number of carboxylic acids is 1. The fourth-order valence-corrected chi connectivity index (χ4v) is 2.65. The van der Waals surface area contributed by atoms with Gasteiger partial charge in [0.15, 0.2) is 6.04 Å². The largest absolute Gasteiger partial charge is 0.479 e. The van der Waals surface area contributed by atoms with Gasteiger partial charge in [0, 0.05) is 19.5 Å². The number of carbonyl (C=O) groups is 3. The standard InChI is InChI=1S/C16H19FN2O4/c1-3-19-8-11(7-13(19)20)15(21)18-14(16(22)23)10-4-5-12(17)9(2)6-10/h4-6,11,14H,3,7-8H2,1-2H3,(H,18,21)(H,22,23). The van der Waals surface area contributed by atoms with E-state index in [0.29, 0.717) is 17.7 Å². The molecule has 0 aliphatic carbocycles. The Balaban J connectivity index is 2.14. The molecule has 124 valence electrons. The third kappa shape index (κ3) is 3.67. The summed E-state index contributed by atoms with van der Waals surface area (Å²) in [7, 11) is 0. The van der Waals surface area contributed by atoms with E-state index < -0.39 is 29.7 Å². The summed E-state index contributed by atoms with van der Waals surface area (Å²) in [6, 6.07) is 2.63. The third-order valence-corrected chi connectivity index (χ3v) is 4.02. The highest BCUT2D eigenvalue weighted by Gasteiger charge is 2.35. The minimum Gasteiger partial charge on any atom is -0.479 e. The lowest BCUT2D eigenvalue weighted by atomic mass is 10.0. The van der Waals surface area contributed by atoms with Crippen molar-refractivity contribution < 1.29 is 23.9 Å². The van der Waals surface area contributed by atoms with Crippen LogP contribution in [0.5, 0.6) is 0 Å². The zero-order valence-corrected chi connectivity index (χ0v) is 13.0. The highest BCUT2D eigenvalue weighted by atomic mass is 19.1. The van der Waals surface area contributed by atoms with Crippen LogP contribution in [0.2, 0.25) is 0 Å². The molecule has 2 rings (SSSR count). The van der Waals surface area contributed by atoms with Crippen LogP contribution in [0.25, 0.3) is 0 Å². The molecule has 1 saturated heterocycles. The second-order valence-electron chi connectivity index (χ2n) is 5.62. The number of nitrogens with zero attached hydrogens (tertiary/aromatic N) is 1. The average Bonchev–Trinajstić information content (AvgIpc) is 2.88. The lowest BCUT2D eigenvalue weighted by Gasteiger charge is -2.18. The Morgan fingerprint density at radius 3 is 2.70 bits per heavy atom. The molecule has 1 aliphatic rings. The van der Waals surface area contributed by atoms with E-state index in [1.54, 1.807) is 4.90 Å². The van der Waals surface area contributed by atoms with Crippen LogP contribution in [0, 0.1) is 18.7 Å². The lowest BCUT2D eigenvalue weighted by molar-refractivity contribution is -0.142. The normalized spacial score (nSPS) is 18.8. The number of likely N-dealkylation sites (tertiary alicyclic amines) is 1. The molecule has 1 heterocycles. The fraction of sp³-hybridized carbons (Fsp3) is 0.438. The van der Waals surface area contributed by atoms with E-state index in [-0.39, 0.29) is 18.9 Å². The van der Waals surface area contributed by atoms with E-state index in [9.17, 15) is 23.9 Å². The number of aryl methyl sites for hydroxylation is 1. The number of carboxylic acid groups (broad SMARTS) is 1. The molecule has 6 nitrogen and oxygen atoms in total. The minimum absolute atomic E-state index is 0.0778. The Labute approximate surface area is 133 Å². The molecule has 0 spiro atoms. The highest BCUT2D eigenvalue weighted by Crippen LogP contribution is 2.21. The smallest absolute Gasteiger partial charge is 0.330 e. The van der Waals surface area contributed by atoms with Gasteiger partial charge in [-0.2, -0.15) is 0 Å². The van der Waals surface area contributed by atoms with Crippen LogP contribution in [0.3, 0.4) is 0 Å². The SMILES string of the molecule is CCN1CC(C(=O)NC(C(=O)O)c2ccc(F)c(C)c2)CC1=O. The van der Waals surface area contributed by atoms with Crippen LogP contribution in [-0.4, -0.2) is 40.9 Å². The van der Waals surface area contributed by atoms with Gasteiger partial charge in [0.25, 0.3) is 0 Å². The molecule has 0 radical (unpaired) electrons. The van der Waals surface area contributed by atoms with Crippen molar-refractivity contribution in [3.8, 4) is 0 Å². The maximum absolute atomic E-state index is 13.3. The zero-order chi connectivity index (χ0) is 17.1. The molecule has 2 N–H and O–H groups in total. The molecule has 2 unspecified atom stereocenters. The number of hydrogen-bond acceptors (Lipinski definition) is 3. The fourth-order valence-electron chi connectivity index (χ4n) is 2.65. The zero-order valence-electron chi connectivity index (χ0n) is 13.0. The van der Waals surface area contributed by atoms with Crippen molar-refractivity contribution in [3.05, 3.63) is 35.1 Å². The highest BCUT2D eigenvalue weighted by molar-refractivity contribution is 5.91. The minimum atomic E-state index is -1.27. The number of amides is 2. The molecule has 0 bridgehead atoms. The Morgan fingerprint density at radius 2 is 2.17 bits per heavy atom. The van der Waals surface area contributed by atoms with Crippen LogP contribution in [0.15, 0.2) is 18.2 Å². The lowest BCUT2D eigenvalue weighted by Crippen LogP contribution is -2.38. The first kappa shape index (κ1) is 16.9.